The second kappa shape index (κ2) is 9.64. The van der Waals surface area contributed by atoms with Gasteiger partial charge in [-0.05, 0) is 43.2 Å². The number of carbonyl (C=O) groups is 2. The Labute approximate surface area is 164 Å². The van der Waals surface area contributed by atoms with Crippen LogP contribution in [0.1, 0.15) is 16.7 Å². The zero-order valence-electron chi connectivity index (χ0n) is 16.8. The zero-order valence-corrected chi connectivity index (χ0v) is 16.8. The van der Waals surface area contributed by atoms with Crippen LogP contribution in [0.15, 0.2) is 30.3 Å². The van der Waals surface area contributed by atoms with Crippen LogP contribution in [0.3, 0.4) is 0 Å². The van der Waals surface area contributed by atoms with Gasteiger partial charge in [0.2, 0.25) is 5.75 Å². The van der Waals surface area contributed by atoms with E-state index in [1.807, 2.05) is 32.0 Å². The van der Waals surface area contributed by atoms with Crippen LogP contribution in [0.25, 0.3) is 0 Å². The molecule has 0 aliphatic heterocycles. The van der Waals surface area contributed by atoms with Crippen molar-refractivity contribution < 1.29 is 28.5 Å². The molecule has 0 spiro atoms. The van der Waals surface area contributed by atoms with Crippen molar-refractivity contribution in [3.63, 3.8) is 0 Å². The number of esters is 1. The summed E-state index contributed by atoms with van der Waals surface area (Å²) in [5, 5.41) is 2.74. The van der Waals surface area contributed by atoms with E-state index in [1.165, 1.54) is 21.3 Å². The molecule has 7 nitrogen and oxygen atoms in total. The Morgan fingerprint density at radius 3 is 2.11 bits per heavy atom. The monoisotopic (exact) mass is 387 g/mol. The molecule has 2 rings (SSSR count). The third-order valence-electron chi connectivity index (χ3n) is 4.09. The number of aryl methyl sites for hydroxylation is 2. The van der Waals surface area contributed by atoms with E-state index in [0.717, 1.165) is 11.1 Å². The van der Waals surface area contributed by atoms with E-state index < -0.39 is 11.9 Å². The number of benzene rings is 2. The van der Waals surface area contributed by atoms with Crippen molar-refractivity contribution in [1.82, 2.24) is 0 Å². The first-order chi connectivity index (χ1) is 13.4. The second-order valence-electron chi connectivity index (χ2n) is 6.24. The Hall–Kier alpha value is -3.22. The minimum atomic E-state index is -0.537. The molecular weight excluding hydrogens is 362 g/mol. The van der Waals surface area contributed by atoms with Crippen LogP contribution in [0.4, 0.5) is 5.69 Å². The fourth-order valence-corrected chi connectivity index (χ4v) is 2.74. The van der Waals surface area contributed by atoms with Crippen LogP contribution in [0, 0.1) is 13.8 Å². The quantitative estimate of drug-likeness (QED) is 0.701. The Morgan fingerprint density at radius 2 is 1.57 bits per heavy atom. The van der Waals surface area contributed by atoms with Crippen LogP contribution >= 0.6 is 0 Å². The molecule has 0 aliphatic carbocycles. The Bertz CT molecular complexity index is 837. The normalized spacial score (nSPS) is 10.2. The third kappa shape index (κ3) is 5.39. The lowest BCUT2D eigenvalue weighted by Gasteiger charge is -2.14. The summed E-state index contributed by atoms with van der Waals surface area (Å²) in [6.45, 7) is 3.51. The molecule has 0 saturated heterocycles. The van der Waals surface area contributed by atoms with Gasteiger partial charge in [0.25, 0.3) is 5.91 Å². The van der Waals surface area contributed by atoms with Gasteiger partial charge in [-0.3, -0.25) is 9.59 Å². The molecule has 2 aromatic carbocycles. The molecule has 150 valence electrons. The van der Waals surface area contributed by atoms with Gasteiger partial charge in [0.1, 0.15) is 0 Å². The maximum Gasteiger partial charge on any atom is 0.310 e. The smallest absolute Gasteiger partial charge is 0.310 e. The average Bonchev–Trinajstić information content (AvgIpc) is 2.67. The van der Waals surface area contributed by atoms with E-state index in [4.69, 9.17) is 18.9 Å². The number of anilines is 1. The topological polar surface area (TPSA) is 83.1 Å². The van der Waals surface area contributed by atoms with Crippen molar-refractivity contribution in [2.45, 2.75) is 20.3 Å². The molecule has 2 aromatic rings. The van der Waals surface area contributed by atoms with Gasteiger partial charge >= 0.3 is 5.97 Å². The van der Waals surface area contributed by atoms with Crippen molar-refractivity contribution >= 4 is 17.6 Å². The van der Waals surface area contributed by atoms with Crippen molar-refractivity contribution in [2.75, 3.05) is 33.3 Å². The van der Waals surface area contributed by atoms with Gasteiger partial charge in [-0.1, -0.05) is 17.7 Å². The van der Waals surface area contributed by atoms with Crippen molar-refractivity contribution in [3.8, 4) is 17.2 Å². The highest BCUT2D eigenvalue weighted by Crippen LogP contribution is 2.38. The molecule has 0 fully saturated rings. The predicted molar refractivity (Wildman–Crippen MR) is 105 cm³/mol. The van der Waals surface area contributed by atoms with Crippen molar-refractivity contribution in [2.24, 2.45) is 0 Å². The van der Waals surface area contributed by atoms with Gasteiger partial charge in [0.15, 0.2) is 18.1 Å². The summed E-state index contributed by atoms with van der Waals surface area (Å²) in [5.41, 5.74) is 3.36. The number of amides is 1. The Balaban J connectivity index is 1.96. The summed E-state index contributed by atoms with van der Waals surface area (Å²) < 4.78 is 20.9. The van der Waals surface area contributed by atoms with Crippen LogP contribution in [0.5, 0.6) is 17.2 Å². The lowest BCUT2D eigenvalue weighted by atomic mass is 10.1. The van der Waals surface area contributed by atoms with Crippen molar-refractivity contribution in [3.05, 3.63) is 47.0 Å². The number of hydrogen-bond donors (Lipinski definition) is 1. The van der Waals surface area contributed by atoms with E-state index in [9.17, 15) is 9.59 Å². The Morgan fingerprint density at radius 1 is 0.929 bits per heavy atom. The minimum absolute atomic E-state index is 0.0342. The summed E-state index contributed by atoms with van der Waals surface area (Å²) in [6, 6.07) is 9.02. The molecule has 7 heteroatoms. The van der Waals surface area contributed by atoms with Crippen LogP contribution < -0.4 is 19.5 Å². The molecule has 0 unspecified atom stereocenters. The van der Waals surface area contributed by atoms with Gasteiger partial charge in [-0.2, -0.15) is 0 Å². The summed E-state index contributed by atoms with van der Waals surface area (Å²) in [5.74, 6) is 0.389. The van der Waals surface area contributed by atoms with Crippen LogP contribution in [-0.2, 0) is 20.7 Å². The maximum absolute atomic E-state index is 12.1. The molecule has 0 saturated carbocycles. The van der Waals surface area contributed by atoms with E-state index >= 15 is 0 Å². The predicted octanol–water partition coefficient (Wildman–Crippen LogP) is 3.05. The van der Waals surface area contributed by atoms with E-state index in [1.54, 1.807) is 12.1 Å². The van der Waals surface area contributed by atoms with E-state index in [2.05, 4.69) is 5.32 Å². The molecule has 28 heavy (non-hydrogen) atoms. The van der Waals surface area contributed by atoms with Gasteiger partial charge < -0.3 is 24.3 Å². The molecule has 0 bridgehead atoms. The van der Waals surface area contributed by atoms with Crippen molar-refractivity contribution in [1.29, 1.82) is 0 Å². The number of methoxy groups -OCH3 is 3. The number of hydrogen-bond acceptors (Lipinski definition) is 6. The minimum Gasteiger partial charge on any atom is -0.493 e. The largest absolute Gasteiger partial charge is 0.493 e. The Kier molecular flexibility index (Phi) is 7.26. The van der Waals surface area contributed by atoms with Gasteiger partial charge in [-0.15, -0.1) is 0 Å². The van der Waals surface area contributed by atoms with Crippen LogP contribution in [0.2, 0.25) is 0 Å². The highest BCUT2D eigenvalue weighted by Gasteiger charge is 2.16. The molecule has 0 aliphatic rings. The van der Waals surface area contributed by atoms with Gasteiger partial charge in [0, 0.05) is 5.69 Å². The first-order valence-corrected chi connectivity index (χ1v) is 8.69. The summed E-state index contributed by atoms with van der Waals surface area (Å²) in [4.78, 5) is 24.2. The van der Waals surface area contributed by atoms with Gasteiger partial charge in [-0.25, -0.2) is 0 Å². The molecule has 0 aromatic heterocycles. The lowest BCUT2D eigenvalue weighted by Crippen LogP contribution is -2.22. The number of rotatable bonds is 8. The third-order valence-corrected chi connectivity index (χ3v) is 4.09. The highest BCUT2D eigenvalue weighted by atomic mass is 16.5. The molecule has 1 N–H and O–H groups in total. The first kappa shape index (κ1) is 21.1. The summed E-state index contributed by atoms with van der Waals surface area (Å²) >= 11 is 0. The fourth-order valence-electron chi connectivity index (χ4n) is 2.74. The number of carbonyl (C=O) groups excluding carboxylic acids is 2. The second-order valence-corrected chi connectivity index (χ2v) is 6.24. The first-order valence-electron chi connectivity index (χ1n) is 8.69. The molecule has 1 amide bonds. The SMILES string of the molecule is COc1cc(CC(=O)OCC(=O)Nc2ccc(C)cc2C)cc(OC)c1OC. The molecule has 0 radical (unpaired) electrons. The molecular formula is C21H25NO6. The fraction of sp³-hybridized carbons (Fsp3) is 0.333. The van der Waals surface area contributed by atoms with E-state index in [-0.39, 0.29) is 13.0 Å². The maximum atomic E-state index is 12.1. The van der Waals surface area contributed by atoms with Crippen LogP contribution in [-0.4, -0.2) is 39.8 Å². The lowest BCUT2D eigenvalue weighted by molar-refractivity contribution is -0.146. The number of ether oxygens (including phenoxy) is 4. The molecule has 0 atom stereocenters. The zero-order chi connectivity index (χ0) is 20.7. The molecule has 0 heterocycles. The van der Waals surface area contributed by atoms with Gasteiger partial charge in [0.05, 0.1) is 27.8 Å². The average molecular weight is 387 g/mol. The summed E-state index contributed by atoms with van der Waals surface area (Å²) in [7, 11) is 4.50. The highest BCUT2D eigenvalue weighted by molar-refractivity contribution is 5.93. The van der Waals surface area contributed by atoms with E-state index in [0.29, 0.717) is 28.5 Å². The standard InChI is InChI=1S/C21H25NO6/c1-13-6-7-16(14(2)8-13)22-19(23)12-28-20(24)11-15-9-17(25-3)21(27-5)18(10-15)26-4/h6-10H,11-12H2,1-5H3,(H,22,23). The summed E-state index contributed by atoms with van der Waals surface area (Å²) in [6.07, 6.45) is -0.0342. The number of nitrogens with one attached hydrogen (secondary N) is 1.